The summed E-state index contributed by atoms with van der Waals surface area (Å²) in [6, 6.07) is 35.5. The highest BCUT2D eigenvalue weighted by atomic mass is 16.3. The van der Waals surface area contributed by atoms with Crippen LogP contribution in [0.3, 0.4) is 0 Å². The van der Waals surface area contributed by atoms with Crippen molar-refractivity contribution in [2.45, 2.75) is 0 Å². The Hall–Kier alpha value is -7.34. The lowest BCUT2D eigenvalue weighted by molar-refractivity contribution is 0.102. The molecule has 0 spiro atoms. The van der Waals surface area contributed by atoms with Gasteiger partial charge < -0.3 is 30.9 Å². The molecule has 0 saturated heterocycles. The van der Waals surface area contributed by atoms with Crippen molar-refractivity contribution in [1.82, 2.24) is 19.5 Å². The highest BCUT2D eigenvalue weighted by Gasteiger charge is 2.33. The number of rotatable bonds is 8. The van der Waals surface area contributed by atoms with Crippen LogP contribution in [0.1, 0.15) is 26.3 Å². The fourth-order valence-corrected chi connectivity index (χ4v) is 6.29. The number of anilines is 7. The molecule has 2 heterocycles. The molecule has 0 aliphatic heterocycles. The molecule has 12 heteroatoms. The van der Waals surface area contributed by atoms with Crippen LogP contribution in [0.5, 0.6) is 6.01 Å². The summed E-state index contributed by atoms with van der Waals surface area (Å²) in [5, 5.41) is 23.1. The molecule has 8 rings (SSSR count). The van der Waals surface area contributed by atoms with E-state index in [2.05, 4.69) is 36.2 Å². The molecule has 248 valence electrons. The maximum atomic E-state index is 14.3. The van der Waals surface area contributed by atoms with Crippen molar-refractivity contribution in [2.24, 2.45) is 7.05 Å². The zero-order valence-corrected chi connectivity index (χ0v) is 27.0. The summed E-state index contributed by atoms with van der Waals surface area (Å²) in [7, 11) is 1.59. The number of ketones is 1. The predicted molar refractivity (Wildman–Crippen MR) is 197 cm³/mol. The van der Waals surface area contributed by atoms with E-state index < -0.39 is 17.5 Å². The summed E-state index contributed by atoms with van der Waals surface area (Å²) in [6.07, 6.45) is 0. The van der Waals surface area contributed by atoms with Crippen LogP contribution in [-0.4, -0.2) is 36.3 Å². The molecule has 5 N–H and O–H groups in total. The number of nitrogens with zero attached hydrogens (tertiary/aromatic N) is 4. The van der Waals surface area contributed by atoms with Crippen LogP contribution >= 0.6 is 0 Å². The first-order valence-electron chi connectivity index (χ1n) is 16.0. The van der Waals surface area contributed by atoms with E-state index in [0.29, 0.717) is 55.9 Å². The Labute approximate surface area is 290 Å². The maximum Gasteiger partial charge on any atom is 0.320 e. The van der Waals surface area contributed by atoms with Crippen molar-refractivity contribution in [3.8, 4) is 17.1 Å². The van der Waals surface area contributed by atoms with E-state index in [1.807, 2.05) is 42.5 Å². The number of amides is 1. The molecule has 51 heavy (non-hydrogen) atoms. The number of nitrogens with one attached hydrogen (secondary N) is 4. The van der Waals surface area contributed by atoms with Crippen LogP contribution in [-0.2, 0) is 7.05 Å². The SMILES string of the molecule is Cn1c(=O)c(C(=O)Nc2ccccc2)c2c3c(c(Nc4cccc(Nc5nc(O)nc(Nc6ccccc6)n5)c4)ccc31)C(=O)c1ccccc1-2. The number of aromatic nitrogens is 4. The van der Waals surface area contributed by atoms with Crippen LogP contribution in [0.25, 0.3) is 22.0 Å². The van der Waals surface area contributed by atoms with Gasteiger partial charge in [0, 0.05) is 46.3 Å². The van der Waals surface area contributed by atoms with Gasteiger partial charge in [-0.25, -0.2) is 0 Å². The number of pyridine rings is 1. The quantitative estimate of drug-likeness (QED) is 0.112. The molecule has 0 unspecified atom stereocenters. The average molecular weight is 673 g/mol. The Balaban J connectivity index is 1.19. The molecule has 5 aromatic carbocycles. The Morgan fingerprint density at radius 1 is 0.627 bits per heavy atom. The summed E-state index contributed by atoms with van der Waals surface area (Å²) in [5.74, 6) is -0.552. The molecule has 0 radical (unpaired) electrons. The third-order valence-electron chi connectivity index (χ3n) is 8.54. The summed E-state index contributed by atoms with van der Waals surface area (Å²) >= 11 is 0. The number of benzene rings is 5. The number of para-hydroxylation sites is 2. The van der Waals surface area contributed by atoms with Gasteiger partial charge >= 0.3 is 6.01 Å². The molecule has 1 amide bonds. The van der Waals surface area contributed by atoms with Crippen LogP contribution < -0.4 is 26.8 Å². The number of aromatic hydroxyl groups is 1. The monoisotopic (exact) mass is 672 g/mol. The standard InChI is InChI=1S/C39H28N8O4/c1-47-29-20-19-28(40-24-15-10-16-25(21-24)43-38-44-37(45-39(51)46-38)42-23-13-6-3-7-14-23)31-32(29)30(26-17-8-9-18-27(26)34(31)48)33(36(47)50)35(49)41-22-11-4-2-5-12-22/h2-21,40H,1H3,(H,41,49)(H3,42,43,44,45,46,51). The summed E-state index contributed by atoms with van der Waals surface area (Å²) in [6.45, 7) is 0. The molecule has 0 bridgehead atoms. The highest BCUT2D eigenvalue weighted by molar-refractivity contribution is 6.30. The Kier molecular flexibility index (Phi) is 7.65. The van der Waals surface area contributed by atoms with Crippen molar-refractivity contribution in [3.63, 3.8) is 0 Å². The number of hydrogen-bond donors (Lipinski definition) is 5. The molecular weight excluding hydrogens is 644 g/mol. The Morgan fingerprint density at radius 2 is 1.22 bits per heavy atom. The highest BCUT2D eigenvalue weighted by Crippen LogP contribution is 2.44. The molecule has 1 aliphatic rings. The minimum absolute atomic E-state index is 0.0554. The minimum Gasteiger partial charge on any atom is -0.479 e. The fraction of sp³-hybridized carbons (Fsp3) is 0.0256. The smallest absolute Gasteiger partial charge is 0.320 e. The molecule has 0 atom stereocenters. The van der Waals surface area contributed by atoms with Gasteiger partial charge in [0.1, 0.15) is 5.56 Å². The first kappa shape index (κ1) is 31.0. The van der Waals surface area contributed by atoms with Gasteiger partial charge in [0.25, 0.3) is 11.5 Å². The van der Waals surface area contributed by atoms with Crippen molar-refractivity contribution in [3.05, 3.63) is 148 Å². The number of hydrogen-bond acceptors (Lipinski definition) is 10. The molecule has 1 aliphatic carbocycles. The molecule has 12 nitrogen and oxygen atoms in total. The van der Waals surface area contributed by atoms with Gasteiger partial charge in [-0.3, -0.25) is 14.4 Å². The van der Waals surface area contributed by atoms with Gasteiger partial charge in [-0.1, -0.05) is 66.7 Å². The van der Waals surface area contributed by atoms with E-state index in [1.54, 1.807) is 85.9 Å². The van der Waals surface area contributed by atoms with Crippen molar-refractivity contribution in [1.29, 1.82) is 0 Å². The summed E-state index contributed by atoms with van der Waals surface area (Å²) in [5.41, 5.74) is 4.59. The number of fused-ring (bicyclic) bond motifs is 2. The second kappa shape index (κ2) is 12.6. The van der Waals surface area contributed by atoms with Gasteiger partial charge in [0.15, 0.2) is 5.78 Å². The van der Waals surface area contributed by atoms with Crippen molar-refractivity contribution >= 4 is 62.9 Å². The van der Waals surface area contributed by atoms with Crippen LogP contribution in [0, 0.1) is 0 Å². The summed E-state index contributed by atoms with van der Waals surface area (Å²) in [4.78, 5) is 54.4. The number of aryl methyl sites for hydroxylation is 1. The normalized spacial score (nSPS) is 11.5. The van der Waals surface area contributed by atoms with Gasteiger partial charge in [-0.15, -0.1) is 0 Å². The lowest BCUT2D eigenvalue weighted by atomic mass is 9.81. The van der Waals surface area contributed by atoms with Crippen LogP contribution in [0.15, 0.2) is 126 Å². The lowest BCUT2D eigenvalue weighted by Gasteiger charge is -2.25. The van der Waals surface area contributed by atoms with Gasteiger partial charge in [-0.2, -0.15) is 15.0 Å². The van der Waals surface area contributed by atoms with Crippen LogP contribution in [0.2, 0.25) is 0 Å². The number of carbonyl (C=O) groups excluding carboxylic acids is 2. The van der Waals surface area contributed by atoms with E-state index in [9.17, 15) is 19.5 Å². The lowest BCUT2D eigenvalue weighted by Crippen LogP contribution is -2.31. The van der Waals surface area contributed by atoms with E-state index in [1.165, 1.54) is 4.57 Å². The van der Waals surface area contributed by atoms with Crippen molar-refractivity contribution < 1.29 is 14.7 Å². The van der Waals surface area contributed by atoms with Gasteiger partial charge in [0.2, 0.25) is 11.9 Å². The average Bonchev–Trinajstić information content (AvgIpc) is 3.13. The van der Waals surface area contributed by atoms with Gasteiger partial charge in [-0.05, 0) is 60.2 Å². The topological polar surface area (TPSA) is 163 Å². The largest absolute Gasteiger partial charge is 0.479 e. The van der Waals surface area contributed by atoms with Gasteiger partial charge in [0.05, 0.1) is 16.8 Å². The van der Waals surface area contributed by atoms with Crippen LogP contribution in [0.4, 0.5) is 40.3 Å². The number of carbonyl (C=O) groups is 2. The summed E-state index contributed by atoms with van der Waals surface area (Å²) < 4.78 is 1.41. The Bertz CT molecular complexity index is 2570. The first-order valence-corrected chi connectivity index (χ1v) is 16.0. The second-order valence-electron chi connectivity index (χ2n) is 11.8. The predicted octanol–water partition coefficient (Wildman–Crippen LogP) is 7.12. The maximum absolute atomic E-state index is 14.3. The third kappa shape index (κ3) is 5.76. The fourth-order valence-electron chi connectivity index (χ4n) is 6.29. The Morgan fingerprint density at radius 3 is 1.92 bits per heavy atom. The van der Waals surface area contributed by atoms with E-state index >= 15 is 0 Å². The van der Waals surface area contributed by atoms with E-state index in [4.69, 9.17) is 0 Å². The molecule has 2 aromatic heterocycles. The molecule has 7 aromatic rings. The van der Waals surface area contributed by atoms with E-state index in [-0.39, 0.29) is 23.2 Å². The third-order valence-corrected chi connectivity index (χ3v) is 8.54. The molecular formula is C39H28N8O4. The second-order valence-corrected chi connectivity index (χ2v) is 11.8. The van der Waals surface area contributed by atoms with Crippen molar-refractivity contribution in [2.75, 3.05) is 21.3 Å². The zero-order chi connectivity index (χ0) is 35.1. The van der Waals surface area contributed by atoms with E-state index in [0.717, 1.165) is 5.69 Å². The zero-order valence-electron chi connectivity index (χ0n) is 27.0. The first-order chi connectivity index (χ1) is 24.8. The molecule has 0 fully saturated rings. The minimum atomic E-state index is -0.572. The molecule has 0 saturated carbocycles.